The van der Waals surface area contributed by atoms with Gasteiger partial charge in [-0.05, 0) is 12.1 Å². The molecule has 3 N–H and O–H groups in total. The van der Waals surface area contributed by atoms with Crippen LogP contribution < -0.4 is 10.9 Å². The van der Waals surface area contributed by atoms with E-state index in [9.17, 15) is 14.9 Å². The number of hydrogen-bond acceptors (Lipinski definition) is 5. The first-order chi connectivity index (χ1) is 10.1. The van der Waals surface area contributed by atoms with Crippen molar-refractivity contribution in [1.82, 2.24) is 4.90 Å². The number of nitro benzene ring substituents is 1. The van der Waals surface area contributed by atoms with Crippen molar-refractivity contribution in [3.05, 3.63) is 39.9 Å². The fraction of sp³-hybridized carbons (Fsp3) is 0.333. The van der Waals surface area contributed by atoms with Gasteiger partial charge >= 0.3 is 11.9 Å². The van der Waals surface area contributed by atoms with Gasteiger partial charge in [-0.25, -0.2) is 9.63 Å². The van der Waals surface area contributed by atoms with E-state index in [4.69, 9.17) is 15.3 Å². The minimum atomic E-state index is -0.553. The summed E-state index contributed by atoms with van der Waals surface area (Å²) in [5.74, 6) is 0.0894. The fourth-order valence-electron chi connectivity index (χ4n) is 1.73. The molecule has 2 rings (SSSR count). The average molecular weight is 295 g/mol. The van der Waals surface area contributed by atoms with Crippen molar-refractivity contribution < 1.29 is 24.4 Å². The van der Waals surface area contributed by atoms with Crippen molar-refractivity contribution in [3.8, 4) is 0 Å². The number of rotatable bonds is 3. The molecule has 1 saturated heterocycles. The molecule has 0 aromatic heterocycles. The second-order valence-corrected chi connectivity index (χ2v) is 4.29. The Hall–Kier alpha value is -2.68. The summed E-state index contributed by atoms with van der Waals surface area (Å²) in [5.41, 5.74) is 6.15. The number of amidine groups is 1. The van der Waals surface area contributed by atoms with E-state index in [0.29, 0.717) is 31.9 Å². The van der Waals surface area contributed by atoms with E-state index in [1.54, 1.807) is 0 Å². The van der Waals surface area contributed by atoms with Crippen LogP contribution in [-0.4, -0.2) is 48.1 Å². The minimum Gasteiger partial charge on any atom is -0.378 e. The first kappa shape index (κ1) is 14.7. The molecular formula is C12H15N4O5+. The van der Waals surface area contributed by atoms with Gasteiger partial charge in [-0.3, -0.25) is 15.8 Å². The van der Waals surface area contributed by atoms with Gasteiger partial charge < -0.3 is 9.64 Å². The highest BCUT2D eigenvalue weighted by atomic mass is 16.7. The summed E-state index contributed by atoms with van der Waals surface area (Å²) in [7, 11) is 0. The van der Waals surface area contributed by atoms with Crippen LogP contribution in [0.1, 0.15) is 5.56 Å². The number of nitrogens with zero attached hydrogens (tertiary/aromatic N) is 2. The van der Waals surface area contributed by atoms with Crippen molar-refractivity contribution in [1.29, 1.82) is 0 Å². The smallest absolute Gasteiger partial charge is 0.378 e. The van der Waals surface area contributed by atoms with Crippen LogP contribution in [0.2, 0.25) is 0 Å². The molecule has 0 bridgehead atoms. The summed E-state index contributed by atoms with van der Waals surface area (Å²) in [5, 5.41) is 12.9. The van der Waals surface area contributed by atoms with E-state index in [0.717, 1.165) is 0 Å². The average Bonchev–Trinajstić information content (AvgIpc) is 2.53. The van der Waals surface area contributed by atoms with Gasteiger partial charge in [0, 0.05) is 25.2 Å². The molecule has 112 valence electrons. The van der Waals surface area contributed by atoms with Crippen LogP contribution in [0.4, 0.5) is 10.5 Å². The van der Waals surface area contributed by atoms with E-state index in [1.165, 1.54) is 29.2 Å². The van der Waals surface area contributed by atoms with Gasteiger partial charge in [-0.15, -0.1) is 0 Å². The molecular weight excluding hydrogens is 280 g/mol. The highest BCUT2D eigenvalue weighted by Gasteiger charge is 2.19. The third-order valence-corrected chi connectivity index (χ3v) is 2.91. The van der Waals surface area contributed by atoms with Gasteiger partial charge in [-0.1, -0.05) is 5.16 Å². The first-order valence-corrected chi connectivity index (χ1v) is 6.24. The van der Waals surface area contributed by atoms with E-state index in [1.807, 2.05) is 0 Å². The van der Waals surface area contributed by atoms with Crippen molar-refractivity contribution in [3.63, 3.8) is 0 Å². The van der Waals surface area contributed by atoms with E-state index < -0.39 is 11.0 Å². The molecule has 1 amide bonds. The number of nitrogen functional groups attached to an aromatic ring is 1. The number of ether oxygens (including phenoxy) is 1. The standard InChI is InChI=1S/C12H14N4O5/c13-11(9-1-3-10(4-2-9)16(18)19)14-21-12(17)15-5-7-20-8-6-15/h1-4H,5-8H2,(H2,13,14)/p+1. The zero-order chi connectivity index (χ0) is 15.2. The number of benzene rings is 1. The van der Waals surface area contributed by atoms with E-state index >= 15 is 0 Å². The van der Waals surface area contributed by atoms with Crippen molar-refractivity contribution in [2.75, 3.05) is 26.3 Å². The minimum absolute atomic E-state index is 0.0446. The number of carbonyl (C=O) groups excluding carboxylic acids is 1. The maximum absolute atomic E-state index is 11.7. The Kier molecular flexibility index (Phi) is 4.67. The van der Waals surface area contributed by atoms with Gasteiger partial charge in [0.05, 0.1) is 23.7 Å². The van der Waals surface area contributed by atoms with Crippen LogP contribution in [0.3, 0.4) is 0 Å². The Morgan fingerprint density at radius 1 is 1.33 bits per heavy atom. The Balaban J connectivity index is 1.96. The summed E-state index contributed by atoms with van der Waals surface area (Å²) >= 11 is 0. The van der Waals surface area contributed by atoms with E-state index in [2.05, 4.69) is 5.16 Å². The first-order valence-electron chi connectivity index (χ1n) is 6.24. The van der Waals surface area contributed by atoms with Gasteiger partial charge in [0.2, 0.25) is 0 Å². The Morgan fingerprint density at radius 3 is 2.52 bits per heavy atom. The third kappa shape index (κ3) is 3.89. The van der Waals surface area contributed by atoms with Gasteiger partial charge in [0.1, 0.15) is 0 Å². The number of non-ortho nitro benzene ring substituents is 1. The zero-order valence-corrected chi connectivity index (χ0v) is 11.2. The Bertz CT molecular complexity index is 551. The molecule has 0 aliphatic carbocycles. The molecule has 1 fully saturated rings. The monoisotopic (exact) mass is 295 g/mol. The van der Waals surface area contributed by atoms with Crippen LogP contribution in [0.25, 0.3) is 0 Å². The quantitative estimate of drug-likeness (QED) is 0.236. The van der Waals surface area contributed by atoms with Crippen molar-refractivity contribution in [2.24, 2.45) is 5.73 Å². The molecule has 1 aromatic rings. The summed E-state index contributed by atoms with van der Waals surface area (Å²) in [6, 6.07) is 5.55. The number of hydrogen-bond donors (Lipinski definition) is 2. The molecule has 1 aliphatic rings. The summed E-state index contributed by atoms with van der Waals surface area (Å²) in [6.07, 6.45) is -0.553. The largest absolute Gasteiger partial charge is 0.454 e. The molecule has 0 spiro atoms. The van der Waals surface area contributed by atoms with Crippen LogP contribution >= 0.6 is 0 Å². The van der Waals surface area contributed by atoms with Crippen LogP contribution in [-0.2, 0) is 9.57 Å². The second kappa shape index (κ2) is 6.66. The Labute approximate surface area is 120 Å². The highest BCUT2D eigenvalue weighted by Crippen LogP contribution is 2.10. The van der Waals surface area contributed by atoms with Crippen molar-refractivity contribution in [2.45, 2.75) is 0 Å². The molecule has 1 aromatic carbocycles. The third-order valence-electron chi connectivity index (χ3n) is 2.91. The molecule has 21 heavy (non-hydrogen) atoms. The fourth-order valence-corrected chi connectivity index (χ4v) is 1.73. The number of amides is 1. The molecule has 1 heterocycles. The molecule has 9 nitrogen and oxygen atoms in total. The lowest BCUT2D eigenvalue weighted by atomic mass is 10.2. The number of carbonyl (C=O) groups is 1. The number of morpholine rings is 1. The predicted octanol–water partition coefficient (Wildman–Crippen LogP) is -1.24. The number of nitro groups is 1. The Morgan fingerprint density at radius 2 is 1.95 bits per heavy atom. The van der Waals surface area contributed by atoms with Crippen LogP contribution in [0.15, 0.2) is 24.3 Å². The normalized spacial score (nSPS) is 15.6. The lowest BCUT2D eigenvalue weighted by Gasteiger charge is -2.23. The SMILES string of the molecule is NC(=[NH+]OC(=O)N1CCOCC1)c1ccc([N+](=O)[O-])cc1. The molecule has 0 atom stereocenters. The number of nitrogens with one attached hydrogen (secondary N) is 1. The second-order valence-electron chi connectivity index (χ2n) is 4.29. The maximum Gasteiger partial charge on any atom is 0.454 e. The van der Waals surface area contributed by atoms with Gasteiger partial charge in [-0.2, -0.15) is 0 Å². The molecule has 0 saturated carbocycles. The summed E-state index contributed by atoms with van der Waals surface area (Å²) in [6.45, 7) is 1.85. The molecule has 0 unspecified atom stereocenters. The van der Waals surface area contributed by atoms with Gasteiger partial charge in [0.25, 0.3) is 5.69 Å². The number of nitrogens with two attached hydrogens (primary N) is 1. The zero-order valence-electron chi connectivity index (χ0n) is 11.2. The lowest BCUT2D eigenvalue weighted by molar-refractivity contribution is -0.723. The molecule has 0 radical (unpaired) electrons. The summed E-state index contributed by atoms with van der Waals surface area (Å²) < 4.78 is 5.12. The topological polar surface area (TPSA) is 122 Å². The van der Waals surface area contributed by atoms with Crippen molar-refractivity contribution >= 4 is 17.6 Å². The molecule has 1 aliphatic heterocycles. The highest BCUT2D eigenvalue weighted by molar-refractivity contribution is 5.93. The summed E-state index contributed by atoms with van der Waals surface area (Å²) in [4.78, 5) is 28.1. The van der Waals surface area contributed by atoms with E-state index in [-0.39, 0.29) is 11.5 Å². The predicted molar refractivity (Wildman–Crippen MR) is 71.2 cm³/mol. The molecule has 9 heteroatoms. The lowest BCUT2D eigenvalue weighted by Crippen LogP contribution is -2.76. The maximum atomic E-state index is 11.7. The van der Waals surface area contributed by atoms with Crippen LogP contribution in [0.5, 0.6) is 0 Å². The van der Waals surface area contributed by atoms with Crippen LogP contribution in [0, 0.1) is 10.1 Å². The van der Waals surface area contributed by atoms with Gasteiger partial charge in [0.15, 0.2) is 0 Å².